The van der Waals surface area contributed by atoms with Crippen molar-refractivity contribution in [3.8, 4) is 17.2 Å². The molecule has 168 valence electrons. The van der Waals surface area contributed by atoms with Gasteiger partial charge in [0.15, 0.2) is 11.5 Å². The summed E-state index contributed by atoms with van der Waals surface area (Å²) >= 11 is 0. The first-order chi connectivity index (χ1) is 14.7. The first kappa shape index (κ1) is 23.9. The van der Waals surface area contributed by atoms with Gasteiger partial charge >= 0.3 is 6.61 Å². The molecule has 0 aliphatic rings. The van der Waals surface area contributed by atoms with Gasteiger partial charge in [0.2, 0.25) is 11.8 Å². The number of anilines is 2. The van der Waals surface area contributed by atoms with Crippen LogP contribution in [-0.4, -0.2) is 51.1 Å². The van der Waals surface area contributed by atoms with E-state index in [0.717, 1.165) is 5.56 Å². The zero-order valence-electron chi connectivity index (χ0n) is 17.7. The van der Waals surface area contributed by atoms with Crippen LogP contribution >= 0.6 is 0 Å². The van der Waals surface area contributed by atoms with E-state index in [1.807, 2.05) is 0 Å². The standard InChI is InChI=1S/C21H25F2N3O5/c1-13(27)24-15-6-8-17(29-3)16(10-15)25-20(28)12-26(2)11-14-5-7-18(31-21(22)23)19(9-14)30-4/h5-10,21H,11-12H2,1-4H3,(H,24,27)(H,25,28). The summed E-state index contributed by atoms with van der Waals surface area (Å²) < 4.78 is 39.7. The van der Waals surface area contributed by atoms with Crippen molar-refractivity contribution in [3.63, 3.8) is 0 Å². The lowest BCUT2D eigenvalue weighted by Gasteiger charge is -2.18. The number of carbonyl (C=O) groups excluding carboxylic acids is 2. The number of ether oxygens (including phenoxy) is 3. The van der Waals surface area contributed by atoms with Crippen LogP contribution in [0, 0.1) is 0 Å². The van der Waals surface area contributed by atoms with E-state index in [2.05, 4.69) is 15.4 Å². The zero-order chi connectivity index (χ0) is 23.0. The van der Waals surface area contributed by atoms with Crippen LogP contribution in [0.15, 0.2) is 36.4 Å². The van der Waals surface area contributed by atoms with Crippen LogP contribution < -0.4 is 24.8 Å². The number of nitrogens with zero attached hydrogens (tertiary/aromatic N) is 1. The van der Waals surface area contributed by atoms with Gasteiger partial charge in [0.1, 0.15) is 5.75 Å². The third-order valence-corrected chi connectivity index (χ3v) is 4.10. The number of alkyl halides is 2. The Balaban J connectivity index is 2.02. The molecule has 0 aliphatic carbocycles. The van der Waals surface area contributed by atoms with E-state index < -0.39 is 6.61 Å². The normalized spacial score (nSPS) is 10.7. The molecule has 10 heteroatoms. The third kappa shape index (κ3) is 7.41. The van der Waals surface area contributed by atoms with Crippen molar-refractivity contribution < 1.29 is 32.6 Å². The molecule has 0 aromatic heterocycles. The maximum absolute atomic E-state index is 12.5. The number of nitrogens with one attached hydrogen (secondary N) is 2. The number of methoxy groups -OCH3 is 2. The van der Waals surface area contributed by atoms with Gasteiger partial charge in [-0.25, -0.2) is 0 Å². The number of carbonyl (C=O) groups is 2. The maximum atomic E-state index is 12.5. The average molecular weight is 437 g/mol. The molecule has 8 nitrogen and oxygen atoms in total. The summed E-state index contributed by atoms with van der Waals surface area (Å²) in [7, 11) is 4.57. The quantitative estimate of drug-likeness (QED) is 0.593. The fraction of sp³-hybridized carbons (Fsp3) is 0.333. The molecular formula is C21H25F2N3O5. The van der Waals surface area contributed by atoms with Gasteiger partial charge in [-0.3, -0.25) is 14.5 Å². The highest BCUT2D eigenvalue weighted by molar-refractivity contribution is 5.95. The van der Waals surface area contributed by atoms with Crippen molar-refractivity contribution in [2.45, 2.75) is 20.1 Å². The summed E-state index contributed by atoms with van der Waals surface area (Å²) in [6.07, 6.45) is 0. The van der Waals surface area contributed by atoms with E-state index in [1.165, 1.54) is 27.2 Å². The molecule has 0 saturated carbocycles. The lowest BCUT2D eigenvalue weighted by atomic mass is 10.2. The molecule has 0 saturated heterocycles. The summed E-state index contributed by atoms with van der Waals surface area (Å²) in [5, 5.41) is 5.41. The number of amides is 2. The third-order valence-electron chi connectivity index (χ3n) is 4.10. The van der Waals surface area contributed by atoms with Gasteiger partial charge in [-0.15, -0.1) is 0 Å². The minimum Gasteiger partial charge on any atom is -0.495 e. The van der Waals surface area contributed by atoms with E-state index in [9.17, 15) is 18.4 Å². The number of rotatable bonds is 10. The highest BCUT2D eigenvalue weighted by Gasteiger charge is 2.14. The molecule has 0 bridgehead atoms. The van der Waals surface area contributed by atoms with E-state index >= 15 is 0 Å². The van der Waals surface area contributed by atoms with E-state index in [4.69, 9.17) is 9.47 Å². The van der Waals surface area contributed by atoms with Crippen LogP contribution in [0.3, 0.4) is 0 Å². The molecule has 2 amide bonds. The smallest absolute Gasteiger partial charge is 0.387 e. The van der Waals surface area contributed by atoms with Crippen LogP contribution in [-0.2, 0) is 16.1 Å². The van der Waals surface area contributed by atoms with Gasteiger partial charge in [0.05, 0.1) is 26.5 Å². The van der Waals surface area contributed by atoms with Gasteiger partial charge in [-0.05, 0) is 42.9 Å². The fourth-order valence-corrected chi connectivity index (χ4v) is 2.89. The van der Waals surface area contributed by atoms with Gasteiger partial charge < -0.3 is 24.8 Å². The van der Waals surface area contributed by atoms with Gasteiger partial charge in [0, 0.05) is 19.2 Å². The Morgan fingerprint density at radius 2 is 1.68 bits per heavy atom. The summed E-state index contributed by atoms with van der Waals surface area (Å²) in [5.41, 5.74) is 1.69. The van der Waals surface area contributed by atoms with Crippen LogP contribution in [0.4, 0.5) is 20.2 Å². The van der Waals surface area contributed by atoms with E-state index in [-0.39, 0.29) is 29.9 Å². The fourth-order valence-electron chi connectivity index (χ4n) is 2.89. The average Bonchev–Trinajstić information content (AvgIpc) is 2.68. The van der Waals surface area contributed by atoms with Crippen molar-refractivity contribution in [1.82, 2.24) is 4.90 Å². The molecule has 0 atom stereocenters. The summed E-state index contributed by atoms with van der Waals surface area (Å²) in [6.45, 7) is -1.15. The molecule has 0 heterocycles. The van der Waals surface area contributed by atoms with Crippen LogP contribution in [0.1, 0.15) is 12.5 Å². The Labute approximate surface area is 179 Å². The molecule has 0 fully saturated rings. The first-order valence-electron chi connectivity index (χ1n) is 9.27. The Morgan fingerprint density at radius 3 is 2.29 bits per heavy atom. The highest BCUT2D eigenvalue weighted by Crippen LogP contribution is 2.30. The number of hydrogen-bond acceptors (Lipinski definition) is 6. The maximum Gasteiger partial charge on any atom is 0.387 e. The second-order valence-corrected chi connectivity index (χ2v) is 6.68. The summed E-state index contributed by atoms with van der Waals surface area (Å²) in [5.74, 6) is 0.0281. The number of hydrogen-bond donors (Lipinski definition) is 2. The van der Waals surface area contributed by atoms with Crippen molar-refractivity contribution in [2.75, 3.05) is 38.4 Å². The second-order valence-electron chi connectivity index (χ2n) is 6.68. The Bertz CT molecular complexity index is 924. The number of benzene rings is 2. The monoisotopic (exact) mass is 437 g/mol. The molecule has 0 aliphatic heterocycles. The van der Waals surface area contributed by atoms with Crippen LogP contribution in [0.25, 0.3) is 0 Å². The SMILES string of the molecule is COc1ccc(NC(C)=O)cc1NC(=O)CN(C)Cc1ccc(OC(F)F)c(OC)c1. The summed E-state index contributed by atoms with van der Waals surface area (Å²) in [6, 6.07) is 9.49. The lowest BCUT2D eigenvalue weighted by Crippen LogP contribution is -2.30. The second kappa shape index (κ2) is 11.1. The minimum absolute atomic E-state index is 0.0467. The molecule has 0 radical (unpaired) electrons. The lowest BCUT2D eigenvalue weighted by molar-refractivity contribution is -0.117. The van der Waals surface area contributed by atoms with Crippen molar-refractivity contribution in [1.29, 1.82) is 0 Å². The summed E-state index contributed by atoms with van der Waals surface area (Å²) in [4.78, 5) is 25.5. The van der Waals surface area contributed by atoms with Gasteiger partial charge in [-0.2, -0.15) is 8.78 Å². The Kier molecular flexibility index (Phi) is 8.56. The molecule has 2 aromatic rings. The van der Waals surface area contributed by atoms with Crippen molar-refractivity contribution >= 4 is 23.2 Å². The minimum atomic E-state index is -2.95. The zero-order valence-corrected chi connectivity index (χ0v) is 17.7. The molecule has 2 aromatic carbocycles. The predicted octanol–water partition coefficient (Wildman–Crippen LogP) is 3.33. The predicted molar refractivity (Wildman–Crippen MR) is 112 cm³/mol. The topological polar surface area (TPSA) is 89.1 Å². The number of halogens is 2. The van der Waals surface area contributed by atoms with Crippen LogP contribution in [0.2, 0.25) is 0 Å². The van der Waals surface area contributed by atoms with Gasteiger partial charge in [-0.1, -0.05) is 6.07 Å². The molecular weight excluding hydrogens is 412 g/mol. The largest absolute Gasteiger partial charge is 0.495 e. The van der Waals surface area contributed by atoms with Gasteiger partial charge in [0.25, 0.3) is 0 Å². The van der Waals surface area contributed by atoms with Crippen LogP contribution in [0.5, 0.6) is 17.2 Å². The molecule has 0 unspecified atom stereocenters. The Morgan fingerprint density at radius 1 is 1.00 bits per heavy atom. The van der Waals surface area contributed by atoms with Crippen molar-refractivity contribution in [2.24, 2.45) is 0 Å². The number of likely N-dealkylation sites (N-methyl/N-ethyl adjacent to an activating group) is 1. The molecule has 2 N–H and O–H groups in total. The molecule has 31 heavy (non-hydrogen) atoms. The van der Waals surface area contributed by atoms with E-state index in [0.29, 0.717) is 23.7 Å². The highest BCUT2D eigenvalue weighted by atomic mass is 19.3. The Hall–Kier alpha value is -3.40. The first-order valence-corrected chi connectivity index (χ1v) is 9.27. The van der Waals surface area contributed by atoms with Crippen molar-refractivity contribution in [3.05, 3.63) is 42.0 Å². The molecule has 0 spiro atoms. The van der Waals surface area contributed by atoms with E-state index in [1.54, 1.807) is 42.3 Å². The molecule has 2 rings (SSSR count).